The molecule has 12 saturated carbocycles. The summed E-state index contributed by atoms with van der Waals surface area (Å²) < 4.78 is 19.5. The Bertz CT molecular complexity index is 3220. The van der Waals surface area contributed by atoms with E-state index in [9.17, 15) is 29.7 Å². The van der Waals surface area contributed by atoms with Gasteiger partial charge in [-0.15, -0.1) is 10.2 Å². The largest absolute Gasteiger partial charge is 0.387 e. The third-order valence-electron chi connectivity index (χ3n) is 31.6. The van der Waals surface area contributed by atoms with Crippen molar-refractivity contribution in [3.8, 4) is 0 Å². The van der Waals surface area contributed by atoms with Gasteiger partial charge < -0.3 is 29.5 Å². The molecule has 99 heavy (non-hydrogen) atoms. The highest BCUT2D eigenvalue weighted by molar-refractivity contribution is 9.09. The first-order valence-electron chi connectivity index (χ1n) is 38.4. The van der Waals surface area contributed by atoms with Gasteiger partial charge in [-0.05, 0) is 298 Å². The van der Waals surface area contributed by atoms with Gasteiger partial charge in [-0.1, -0.05) is 82.8 Å². The lowest BCUT2D eigenvalue weighted by Gasteiger charge is -2.62. The zero-order valence-electron chi connectivity index (χ0n) is 61.5. The number of alkyl halides is 1. The number of nitrogens with one attached hydrogen (secondary N) is 1. The Morgan fingerprint density at radius 3 is 1.18 bits per heavy atom. The summed E-state index contributed by atoms with van der Waals surface area (Å²) in [6.07, 6.45) is 35.5. The van der Waals surface area contributed by atoms with E-state index in [4.69, 9.17) is 14.2 Å². The zero-order chi connectivity index (χ0) is 69.3. The minimum atomic E-state index is -0.640. The quantitative estimate of drug-likeness (QED) is 0.110. The van der Waals surface area contributed by atoms with Crippen molar-refractivity contribution in [1.29, 1.82) is 0 Å². The van der Waals surface area contributed by atoms with Crippen LogP contribution in [-0.2, 0) is 41.7 Å². The zero-order valence-corrected chi connectivity index (χ0v) is 63.1. The summed E-state index contributed by atoms with van der Waals surface area (Å²) in [6.45, 7) is 22.7. The fourth-order valence-corrected chi connectivity index (χ4v) is 27.0. The van der Waals surface area contributed by atoms with Gasteiger partial charge in [0.1, 0.15) is 18.9 Å². The number of Topliss-reactive ketones (excluding diaryl/α,β-unsaturated/α-hetero) is 3. The van der Waals surface area contributed by atoms with E-state index in [-0.39, 0.29) is 48.9 Å². The number of rotatable bonds is 14. The van der Waals surface area contributed by atoms with E-state index < -0.39 is 16.8 Å². The minimum Gasteiger partial charge on any atom is -0.387 e. The molecule has 12 aliphatic carbocycles. The molecule has 18 nitrogen and oxygen atoms in total. The number of halogens is 1. The van der Waals surface area contributed by atoms with Crippen LogP contribution in [0.3, 0.4) is 0 Å². The number of aromatic amines is 1. The number of fused-ring (bicyclic) bond motifs is 15. The Labute approximate surface area is 603 Å². The maximum absolute atomic E-state index is 13.4. The number of hydrogen-bond donors (Lipinski definition) is 4. The van der Waals surface area contributed by atoms with Crippen LogP contribution in [0.2, 0.25) is 0 Å². The van der Waals surface area contributed by atoms with Crippen LogP contribution < -0.4 is 0 Å². The number of ether oxygens (including phenoxy) is 3. The molecule has 4 N–H and O–H groups in total. The average molecular weight is 1440 g/mol. The number of methoxy groups -OCH3 is 3. The van der Waals surface area contributed by atoms with E-state index in [0.717, 1.165) is 148 Å². The highest BCUT2D eigenvalue weighted by atomic mass is 79.9. The van der Waals surface area contributed by atoms with Gasteiger partial charge in [0.25, 0.3) is 0 Å². The van der Waals surface area contributed by atoms with Crippen molar-refractivity contribution in [2.75, 3.05) is 46.5 Å². The number of ketones is 3. The smallest absolute Gasteiger partial charge is 0.157 e. The van der Waals surface area contributed by atoms with Gasteiger partial charge in [0.15, 0.2) is 11.6 Å². The second-order valence-electron chi connectivity index (χ2n) is 36.3. The molecule has 19 heteroatoms. The molecule has 0 spiro atoms. The summed E-state index contributed by atoms with van der Waals surface area (Å²) in [6, 6.07) is 0. The van der Waals surface area contributed by atoms with Gasteiger partial charge in [0.05, 0.1) is 71.4 Å². The normalized spacial score (nSPS) is 44.3. The van der Waals surface area contributed by atoms with Crippen molar-refractivity contribution in [3.05, 3.63) is 35.7 Å². The van der Waals surface area contributed by atoms with Crippen LogP contribution in [0.1, 0.15) is 247 Å². The molecule has 0 aromatic carbocycles. The first kappa shape index (κ1) is 78.3. The van der Waals surface area contributed by atoms with Crippen LogP contribution >= 0.6 is 15.9 Å². The summed E-state index contributed by atoms with van der Waals surface area (Å²) in [5.41, 5.74) is 2.34. The molecular weight excluding hydrogens is 1310 g/mol. The van der Waals surface area contributed by atoms with Gasteiger partial charge >= 0.3 is 0 Å². The number of nitrogens with zero attached hydrogens (tertiary/aromatic N) is 8. The molecule has 0 aliphatic heterocycles. The summed E-state index contributed by atoms with van der Waals surface area (Å²) in [7, 11) is 5.11. The fourth-order valence-electron chi connectivity index (χ4n) is 26.6. The number of aryl methyl sites for hydroxylation is 3. The van der Waals surface area contributed by atoms with Crippen molar-refractivity contribution in [3.63, 3.8) is 0 Å². The Balaban J connectivity index is 0.000000153. The molecule has 12 fully saturated rings. The van der Waals surface area contributed by atoms with Crippen LogP contribution in [0.25, 0.3) is 0 Å². The van der Waals surface area contributed by atoms with Crippen LogP contribution in [0, 0.1) is 142 Å². The van der Waals surface area contributed by atoms with Gasteiger partial charge in [0, 0.05) is 45.3 Å². The lowest BCUT2D eigenvalue weighted by molar-refractivity contribution is -0.164. The molecule has 0 radical (unpaired) electrons. The van der Waals surface area contributed by atoms with Crippen molar-refractivity contribution < 1.29 is 43.9 Å². The first-order chi connectivity index (χ1) is 46.0. The van der Waals surface area contributed by atoms with Crippen molar-refractivity contribution in [2.24, 2.45) is 121 Å². The molecule has 0 unspecified atom stereocenters. The highest BCUT2D eigenvalue weighted by Crippen LogP contribution is 2.72. The predicted octanol–water partition coefficient (Wildman–Crippen LogP) is 14.8. The Morgan fingerprint density at radius 2 is 0.869 bits per heavy atom. The van der Waals surface area contributed by atoms with Gasteiger partial charge in [-0.25, -0.2) is 9.36 Å². The number of aliphatic hydroxyl groups is 3. The molecule has 15 rings (SSSR count). The van der Waals surface area contributed by atoms with Crippen LogP contribution in [0.4, 0.5) is 0 Å². The van der Waals surface area contributed by atoms with Gasteiger partial charge in [-0.2, -0.15) is 15.4 Å². The molecule has 3 aromatic heterocycles. The van der Waals surface area contributed by atoms with E-state index in [1.54, 1.807) is 43.1 Å². The predicted molar refractivity (Wildman–Crippen MR) is 389 cm³/mol. The third kappa shape index (κ3) is 14.5. The summed E-state index contributed by atoms with van der Waals surface area (Å²) >= 11 is 3.43. The maximum atomic E-state index is 13.4. The molecule has 12 aliphatic rings. The number of carbonyl (C=O) groups excluding carboxylic acids is 3. The highest BCUT2D eigenvalue weighted by Gasteiger charge is 2.66. The number of hydrogen-bond acceptors (Lipinski definition) is 15. The number of H-pyrrole nitrogens is 1. The lowest BCUT2D eigenvalue weighted by Crippen LogP contribution is -2.57. The van der Waals surface area contributed by atoms with Gasteiger partial charge in [-0.3, -0.25) is 14.4 Å². The Morgan fingerprint density at radius 1 is 0.485 bits per heavy atom. The van der Waals surface area contributed by atoms with Crippen LogP contribution in [0.15, 0.2) is 18.6 Å². The summed E-state index contributed by atoms with van der Waals surface area (Å²) in [4.78, 5) is 39.3. The van der Waals surface area contributed by atoms with Crippen molar-refractivity contribution >= 4 is 33.3 Å². The molecule has 0 bridgehead atoms. The average Bonchev–Trinajstić information content (AvgIpc) is 1.71. The Hall–Kier alpha value is -3.33. The SMILES string of the molecule is C.C.COC[C@@]1(O)CC[C@@]2(C)[C@@H](CC[C@@H]3[C@@H]2CC[C@]2(C)[C@@H](C(=O)CBr)CC[C@@H]32)C1.COC[C@@]1(O)CC[C@@]2(C)[C@@H](CC[C@@H]3[C@@H]2CC[C@]2(C)[C@@H](C(=O)Cn4cc(C)nn4)CC[C@@H]32)C1.COC[C@@]1(O)CC[C@@]2(C)[C@@H](CC[C@@H]3[C@@H]2CC[C@]2(C)[C@@H](C(=O)Cn4nncc4C)CC[C@@H]32)C1.Cc1cn[nH]n1. The molecule has 24 atom stereocenters. The third-order valence-corrected chi connectivity index (χ3v) is 32.2. The monoisotopic (exact) mass is 1440 g/mol. The molecule has 0 saturated heterocycles. The second kappa shape index (κ2) is 30.3. The first-order valence-corrected chi connectivity index (χ1v) is 39.5. The number of carbonyl (C=O) groups is 3. The summed E-state index contributed by atoms with van der Waals surface area (Å²) in [5.74, 6) is 10.0. The number of aromatic nitrogens is 9. The van der Waals surface area contributed by atoms with E-state index in [1.807, 2.05) is 27.0 Å². The van der Waals surface area contributed by atoms with E-state index in [0.29, 0.717) is 101 Å². The van der Waals surface area contributed by atoms with Crippen molar-refractivity contribution in [1.82, 2.24) is 45.4 Å². The molecule has 558 valence electrons. The molecular formula is C80H132BrN9O9. The van der Waals surface area contributed by atoms with E-state index in [2.05, 4.69) is 93.5 Å². The fraction of sp³-hybridized carbons (Fsp3) is 0.887. The molecule has 3 heterocycles. The maximum Gasteiger partial charge on any atom is 0.157 e. The Kier molecular flexibility index (Phi) is 23.9. The van der Waals surface area contributed by atoms with Crippen LogP contribution in [-0.4, -0.2) is 141 Å². The van der Waals surface area contributed by atoms with Gasteiger partial charge in [0.2, 0.25) is 0 Å². The standard InChI is InChI=1S/2C26H41N3O3.C23H37BrO3.C3H5N3.2CH4/c1-17-14-29(28-27-17)15-23(30)22-8-7-20-19-6-5-18-13-26(31,16-32-4)12-11-24(18,2)21(19)9-10-25(20,22)3;1-17-14-27-28-29(17)15-23(30)22-8-7-20-19-6-5-18-13-26(31,16-32-4)12-11-24(18,2)21(19)9-10-25(20,22)3;1-21-10-11-23(26,14-27-3)12-15(21)4-5-16-17-6-7-19(20(25)13-24)22(17,2)9-8-18(16)21;1-3-2-4-6-5-3;;/h2*14,18-22,31H,5-13,15-16H2,1-4H3;15-19,26H,4-14H2,1-3H3;2H,1H3,(H,4,5,6);2*1H4/t2*18-,19-,20-,21-,22+,24-,25-,26+;15-,16-,17-,18-,19+,21-,22-,23+;;;/m000.../s1. The molecule has 0 amide bonds. The van der Waals surface area contributed by atoms with E-state index >= 15 is 0 Å². The lowest BCUT2D eigenvalue weighted by atomic mass is 9.44. The second-order valence-corrected chi connectivity index (χ2v) is 36.9. The minimum absolute atomic E-state index is 0. The molecule has 3 aromatic rings. The van der Waals surface area contributed by atoms with E-state index in [1.165, 1.54) is 83.5 Å². The van der Waals surface area contributed by atoms with Crippen LogP contribution in [0.5, 0.6) is 0 Å². The topological polar surface area (TPSA) is 243 Å². The summed E-state index contributed by atoms with van der Waals surface area (Å²) in [5, 5.41) is 59.5. The van der Waals surface area contributed by atoms with Crippen molar-refractivity contribution in [2.45, 2.75) is 280 Å².